The molecule has 10 nitrogen and oxygen atoms in total. The highest BCUT2D eigenvalue weighted by atomic mass is 35.5. The monoisotopic (exact) mass is 551 g/mol. The van der Waals surface area contributed by atoms with Gasteiger partial charge in [0, 0.05) is 31.9 Å². The summed E-state index contributed by atoms with van der Waals surface area (Å²) >= 11 is 5.99. The number of carbonyl (C=O) groups is 1. The Morgan fingerprint density at radius 1 is 1.19 bits per heavy atom. The van der Waals surface area contributed by atoms with E-state index >= 15 is 0 Å². The van der Waals surface area contributed by atoms with Gasteiger partial charge in [0.25, 0.3) is 0 Å². The number of aromatic nitrogens is 3. The standard InChI is InChI=1S/C24H27ClFN5O5S/c1-14-13-29(23(33)36-24(2,3)4)10-11-30(14)20-15-12-16(26)19(25)27-21(15)31(22(32)28-20)17-8-6-7-9-18(17)37(5,34)35/h6-9,12,14H,10-11,13H2,1-5H3/t14-/m0/s1. The number of para-hydroxylation sites is 1. The Morgan fingerprint density at radius 2 is 1.86 bits per heavy atom. The molecule has 2 aromatic heterocycles. The molecule has 0 spiro atoms. The molecular formula is C24H27ClFN5O5S. The van der Waals surface area contributed by atoms with E-state index in [1.807, 2.05) is 6.92 Å². The first-order valence-corrected chi connectivity index (χ1v) is 13.8. The third kappa shape index (κ3) is 5.40. The molecule has 3 heterocycles. The molecule has 1 aliphatic heterocycles. The van der Waals surface area contributed by atoms with Gasteiger partial charge in [-0.25, -0.2) is 31.9 Å². The van der Waals surface area contributed by atoms with Crippen LogP contribution in [0, 0.1) is 5.82 Å². The van der Waals surface area contributed by atoms with E-state index in [0.29, 0.717) is 0 Å². The molecule has 1 saturated heterocycles. The highest BCUT2D eigenvalue weighted by Gasteiger charge is 2.32. The Labute approximate surface area is 218 Å². The van der Waals surface area contributed by atoms with Gasteiger partial charge in [-0.2, -0.15) is 4.98 Å². The highest BCUT2D eigenvalue weighted by molar-refractivity contribution is 7.90. The molecule has 1 atom stereocenters. The van der Waals surface area contributed by atoms with Crippen LogP contribution in [0.1, 0.15) is 27.7 Å². The molecule has 1 aromatic carbocycles. The van der Waals surface area contributed by atoms with E-state index in [1.165, 1.54) is 18.2 Å². The van der Waals surface area contributed by atoms with Crippen molar-refractivity contribution in [3.8, 4) is 5.69 Å². The third-order valence-electron chi connectivity index (χ3n) is 5.82. The molecule has 0 unspecified atom stereocenters. The minimum atomic E-state index is -3.73. The van der Waals surface area contributed by atoms with Crippen LogP contribution in [0.4, 0.5) is 15.0 Å². The largest absolute Gasteiger partial charge is 0.444 e. The van der Waals surface area contributed by atoms with Crippen molar-refractivity contribution in [2.24, 2.45) is 0 Å². The van der Waals surface area contributed by atoms with Gasteiger partial charge in [0.15, 0.2) is 26.5 Å². The summed E-state index contributed by atoms with van der Waals surface area (Å²) in [5, 5.41) is -0.306. The molecule has 0 saturated carbocycles. The number of anilines is 1. The first-order valence-electron chi connectivity index (χ1n) is 11.5. The summed E-state index contributed by atoms with van der Waals surface area (Å²) < 4.78 is 46.0. The van der Waals surface area contributed by atoms with Crippen LogP contribution in [-0.4, -0.2) is 71.5 Å². The third-order valence-corrected chi connectivity index (χ3v) is 7.22. The Kier molecular flexibility index (Phi) is 6.93. The predicted molar refractivity (Wildman–Crippen MR) is 138 cm³/mol. The van der Waals surface area contributed by atoms with E-state index in [9.17, 15) is 22.4 Å². The smallest absolute Gasteiger partial charge is 0.410 e. The topological polar surface area (TPSA) is 115 Å². The number of ether oxygens (including phenoxy) is 1. The van der Waals surface area contributed by atoms with Gasteiger partial charge in [-0.1, -0.05) is 23.7 Å². The molecule has 0 N–H and O–H groups in total. The second-order valence-corrected chi connectivity index (χ2v) is 12.2. The van der Waals surface area contributed by atoms with Crippen LogP contribution in [0.2, 0.25) is 5.15 Å². The quantitative estimate of drug-likeness (QED) is 0.455. The second kappa shape index (κ2) is 9.56. The number of amides is 1. The molecule has 37 heavy (non-hydrogen) atoms. The lowest BCUT2D eigenvalue weighted by Crippen LogP contribution is -2.55. The number of rotatable bonds is 3. The zero-order valence-electron chi connectivity index (χ0n) is 21.0. The predicted octanol–water partition coefficient (Wildman–Crippen LogP) is 3.42. The summed E-state index contributed by atoms with van der Waals surface area (Å²) in [6.07, 6.45) is 0.566. The van der Waals surface area contributed by atoms with Gasteiger partial charge in [-0.15, -0.1) is 0 Å². The molecule has 0 aliphatic carbocycles. The number of benzene rings is 1. The van der Waals surface area contributed by atoms with Gasteiger partial charge in [0.1, 0.15) is 11.4 Å². The van der Waals surface area contributed by atoms with E-state index in [2.05, 4.69) is 9.97 Å². The summed E-state index contributed by atoms with van der Waals surface area (Å²) in [6.45, 7) is 8.04. The number of nitrogens with zero attached hydrogens (tertiary/aromatic N) is 5. The number of hydrogen-bond acceptors (Lipinski definition) is 8. The first-order chi connectivity index (χ1) is 17.2. The van der Waals surface area contributed by atoms with Crippen molar-refractivity contribution < 1.29 is 22.3 Å². The summed E-state index contributed by atoms with van der Waals surface area (Å²) in [6, 6.07) is 6.72. The minimum absolute atomic E-state index is 0.0250. The molecule has 198 valence electrons. The van der Waals surface area contributed by atoms with Crippen molar-refractivity contribution in [2.45, 2.75) is 44.2 Å². The van der Waals surface area contributed by atoms with Crippen LogP contribution in [0.5, 0.6) is 0 Å². The molecule has 3 aromatic rings. The van der Waals surface area contributed by atoms with Crippen LogP contribution in [0.15, 0.2) is 40.0 Å². The fourth-order valence-electron chi connectivity index (χ4n) is 4.24. The van der Waals surface area contributed by atoms with Crippen molar-refractivity contribution in [3.05, 3.63) is 51.8 Å². The van der Waals surface area contributed by atoms with Gasteiger partial charge in [0.05, 0.1) is 16.0 Å². The lowest BCUT2D eigenvalue weighted by Gasteiger charge is -2.41. The number of hydrogen-bond donors (Lipinski definition) is 0. The Hall–Kier alpha value is -3.25. The lowest BCUT2D eigenvalue weighted by molar-refractivity contribution is 0.0218. The van der Waals surface area contributed by atoms with Crippen molar-refractivity contribution in [1.82, 2.24) is 19.4 Å². The minimum Gasteiger partial charge on any atom is -0.444 e. The molecule has 0 bridgehead atoms. The number of sulfone groups is 1. The number of halogens is 2. The Balaban J connectivity index is 1.85. The lowest BCUT2D eigenvalue weighted by atomic mass is 10.1. The van der Waals surface area contributed by atoms with Gasteiger partial charge in [-0.3, -0.25) is 0 Å². The van der Waals surface area contributed by atoms with Gasteiger partial charge in [0.2, 0.25) is 0 Å². The SMILES string of the molecule is C[C@H]1CN(C(=O)OC(C)(C)C)CCN1c1nc(=O)n(-c2ccccc2S(C)(=O)=O)c2nc(Cl)c(F)cc12. The van der Waals surface area contributed by atoms with Crippen molar-refractivity contribution >= 4 is 44.4 Å². The fourth-order valence-corrected chi connectivity index (χ4v) is 5.24. The van der Waals surface area contributed by atoms with E-state index < -0.39 is 38.2 Å². The maximum atomic E-state index is 14.6. The van der Waals surface area contributed by atoms with Crippen molar-refractivity contribution in [2.75, 3.05) is 30.8 Å². The average molecular weight is 552 g/mol. The first kappa shape index (κ1) is 26.8. The van der Waals surface area contributed by atoms with Crippen LogP contribution < -0.4 is 10.6 Å². The van der Waals surface area contributed by atoms with E-state index in [4.69, 9.17) is 16.3 Å². The number of fused-ring (bicyclic) bond motifs is 1. The molecule has 1 fully saturated rings. The number of carbonyl (C=O) groups excluding carboxylic acids is 1. The van der Waals surface area contributed by atoms with Crippen molar-refractivity contribution in [3.63, 3.8) is 0 Å². The Morgan fingerprint density at radius 3 is 2.49 bits per heavy atom. The van der Waals surface area contributed by atoms with Crippen molar-refractivity contribution in [1.29, 1.82) is 0 Å². The van der Waals surface area contributed by atoms with Gasteiger partial charge < -0.3 is 14.5 Å². The molecule has 1 aliphatic rings. The normalized spacial score (nSPS) is 16.8. The second-order valence-electron chi connectivity index (χ2n) is 9.89. The van der Waals surface area contributed by atoms with Gasteiger partial charge in [-0.05, 0) is 45.9 Å². The van der Waals surface area contributed by atoms with Crippen LogP contribution in [0.3, 0.4) is 0 Å². The van der Waals surface area contributed by atoms with Gasteiger partial charge >= 0.3 is 11.8 Å². The van der Waals surface area contributed by atoms with E-state index in [0.717, 1.165) is 16.9 Å². The maximum Gasteiger partial charge on any atom is 0.410 e. The molecule has 0 radical (unpaired) electrons. The number of pyridine rings is 1. The fraction of sp³-hybridized carbons (Fsp3) is 0.417. The summed E-state index contributed by atoms with van der Waals surface area (Å²) in [7, 11) is -3.73. The van der Waals surface area contributed by atoms with Crippen LogP contribution >= 0.6 is 11.6 Å². The molecule has 13 heteroatoms. The summed E-state index contributed by atoms with van der Waals surface area (Å²) in [5.41, 5.74) is -1.48. The van der Waals surface area contributed by atoms with E-state index in [1.54, 1.807) is 36.6 Å². The zero-order chi connectivity index (χ0) is 27.3. The average Bonchev–Trinajstić information content (AvgIpc) is 2.78. The Bertz CT molecular complexity index is 1550. The summed E-state index contributed by atoms with van der Waals surface area (Å²) in [5.74, 6) is -0.661. The highest BCUT2D eigenvalue weighted by Crippen LogP contribution is 2.31. The van der Waals surface area contributed by atoms with E-state index in [-0.39, 0.29) is 53.1 Å². The van der Waals surface area contributed by atoms with Crippen LogP contribution in [0.25, 0.3) is 16.7 Å². The summed E-state index contributed by atoms with van der Waals surface area (Å²) in [4.78, 5) is 37.5. The maximum absolute atomic E-state index is 14.6. The zero-order valence-corrected chi connectivity index (χ0v) is 22.6. The number of piperazine rings is 1. The van der Waals surface area contributed by atoms with Crippen LogP contribution in [-0.2, 0) is 14.6 Å². The molecule has 4 rings (SSSR count). The molecule has 1 amide bonds. The molecular weight excluding hydrogens is 525 g/mol.